The van der Waals surface area contributed by atoms with E-state index < -0.39 is 0 Å². The molecule has 0 spiro atoms. The van der Waals surface area contributed by atoms with Crippen LogP contribution in [-0.4, -0.2) is 48.0 Å². The first-order valence-electron chi connectivity index (χ1n) is 9.05. The summed E-state index contributed by atoms with van der Waals surface area (Å²) in [5.41, 5.74) is 1.07. The zero-order valence-electron chi connectivity index (χ0n) is 17.1. The smallest absolute Gasteiger partial charge is 0.257 e. The van der Waals surface area contributed by atoms with E-state index in [4.69, 9.17) is 9.47 Å². The van der Waals surface area contributed by atoms with Gasteiger partial charge in [-0.05, 0) is 45.9 Å². The van der Waals surface area contributed by atoms with E-state index in [-0.39, 0.29) is 30.3 Å². The van der Waals surface area contributed by atoms with Gasteiger partial charge in [0, 0.05) is 23.0 Å². The van der Waals surface area contributed by atoms with Crippen LogP contribution in [0.1, 0.15) is 43.7 Å². The van der Waals surface area contributed by atoms with E-state index >= 15 is 0 Å². The van der Waals surface area contributed by atoms with E-state index in [0.29, 0.717) is 27.9 Å². The molecular weight excluding hydrogens is 378 g/mol. The maximum absolute atomic E-state index is 12.6. The lowest BCUT2D eigenvalue weighted by Gasteiger charge is -2.30. The molecule has 2 amide bonds. The van der Waals surface area contributed by atoms with Crippen LogP contribution in [0.5, 0.6) is 11.5 Å². The Morgan fingerprint density at radius 3 is 2.32 bits per heavy atom. The van der Waals surface area contributed by atoms with Crippen molar-refractivity contribution in [3.8, 4) is 11.5 Å². The van der Waals surface area contributed by atoms with Crippen molar-refractivity contribution in [1.29, 1.82) is 0 Å². The van der Waals surface area contributed by atoms with Gasteiger partial charge in [0.15, 0.2) is 16.6 Å². The Kier molecular flexibility index (Phi) is 7.39. The normalized spacial score (nSPS) is 10.9. The maximum atomic E-state index is 12.6. The third kappa shape index (κ3) is 5.22. The summed E-state index contributed by atoms with van der Waals surface area (Å²) in [5.74, 6) is 0.740. The molecule has 2 aromatic rings. The summed E-state index contributed by atoms with van der Waals surface area (Å²) in [4.78, 5) is 31.3. The first kappa shape index (κ1) is 21.7. The number of carbonyl (C=O) groups is 2. The van der Waals surface area contributed by atoms with Crippen LogP contribution in [0.3, 0.4) is 0 Å². The molecule has 8 heteroatoms. The first-order chi connectivity index (χ1) is 13.3. The van der Waals surface area contributed by atoms with Gasteiger partial charge in [0.2, 0.25) is 5.91 Å². The molecule has 0 aliphatic heterocycles. The quantitative estimate of drug-likeness (QED) is 0.726. The van der Waals surface area contributed by atoms with Crippen LogP contribution < -0.4 is 14.8 Å². The second-order valence-corrected chi connectivity index (χ2v) is 7.69. The highest BCUT2D eigenvalue weighted by atomic mass is 32.1. The molecule has 28 heavy (non-hydrogen) atoms. The zero-order chi connectivity index (χ0) is 20.8. The summed E-state index contributed by atoms with van der Waals surface area (Å²) in [6.07, 6.45) is 0.207. The van der Waals surface area contributed by atoms with Gasteiger partial charge in [-0.15, -0.1) is 11.3 Å². The Hall–Kier alpha value is -2.61. The number of methoxy groups -OCH3 is 2. The van der Waals surface area contributed by atoms with Gasteiger partial charge in [-0.3, -0.25) is 14.9 Å². The number of nitrogens with one attached hydrogen (secondary N) is 1. The van der Waals surface area contributed by atoms with E-state index in [1.54, 1.807) is 23.6 Å². The molecule has 0 saturated carbocycles. The second kappa shape index (κ2) is 9.54. The van der Waals surface area contributed by atoms with Crippen LogP contribution in [0.15, 0.2) is 23.6 Å². The van der Waals surface area contributed by atoms with E-state index in [9.17, 15) is 9.59 Å². The van der Waals surface area contributed by atoms with Crippen molar-refractivity contribution in [2.24, 2.45) is 0 Å². The van der Waals surface area contributed by atoms with Gasteiger partial charge >= 0.3 is 0 Å². The number of anilines is 1. The number of carbonyl (C=O) groups excluding carboxylic acids is 2. The van der Waals surface area contributed by atoms with E-state index in [1.165, 1.54) is 25.6 Å². The number of benzene rings is 1. The van der Waals surface area contributed by atoms with Gasteiger partial charge in [-0.25, -0.2) is 4.98 Å². The van der Waals surface area contributed by atoms with Crippen molar-refractivity contribution in [3.05, 3.63) is 34.8 Å². The number of aromatic nitrogens is 1. The molecule has 152 valence electrons. The summed E-state index contributed by atoms with van der Waals surface area (Å²) in [6, 6.07) is 5.17. The summed E-state index contributed by atoms with van der Waals surface area (Å²) in [7, 11) is 3.05. The summed E-state index contributed by atoms with van der Waals surface area (Å²) < 4.78 is 10.4. The van der Waals surface area contributed by atoms with Gasteiger partial charge in [0.05, 0.1) is 26.3 Å². The molecule has 1 heterocycles. The monoisotopic (exact) mass is 405 g/mol. The molecule has 0 bridgehead atoms. The molecule has 1 aromatic carbocycles. The lowest BCUT2D eigenvalue weighted by atomic mass is 10.2. The molecular formula is C20H27N3O4S. The van der Waals surface area contributed by atoms with Crippen molar-refractivity contribution >= 4 is 28.3 Å². The number of ether oxygens (including phenoxy) is 2. The third-order valence-electron chi connectivity index (χ3n) is 4.15. The fourth-order valence-corrected chi connectivity index (χ4v) is 3.72. The summed E-state index contributed by atoms with van der Waals surface area (Å²) in [6.45, 7) is 7.98. The van der Waals surface area contributed by atoms with Crippen LogP contribution in [0.2, 0.25) is 0 Å². The van der Waals surface area contributed by atoms with Gasteiger partial charge < -0.3 is 14.4 Å². The number of hydrogen-bond acceptors (Lipinski definition) is 6. The average Bonchev–Trinajstić information content (AvgIpc) is 3.06. The minimum atomic E-state index is -0.306. The van der Waals surface area contributed by atoms with Crippen molar-refractivity contribution < 1.29 is 19.1 Å². The highest BCUT2D eigenvalue weighted by Gasteiger charge is 2.21. The molecule has 0 aliphatic carbocycles. The lowest BCUT2D eigenvalue weighted by Crippen LogP contribution is -2.42. The number of hydrogen-bond donors (Lipinski definition) is 1. The highest BCUT2D eigenvalue weighted by Crippen LogP contribution is 2.28. The fraction of sp³-hybridized carbons (Fsp3) is 0.450. The standard InChI is InChI=1S/C20H27N3O4S/c1-12(2)23(13(3)4)18(24)10-15-11-28-20(21-15)22-19(25)14-7-8-16(26-5)17(9-14)27-6/h7-9,11-13H,10H2,1-6H3,(H,21,22,25). The van der Waals surface area contributed by atoms with Crippen LogP contribution in [-0.2, 0) is 11.2 Å². The van der Waals surface area contributed by atoms with Crippen molar-refractivity contribution in [3.63, 3.8) is 0 Å². The minimum absolute atomic E-state index is 0.0214. The Morgan fingerprint density at radius 2 is 1.75 bits per heavy atom. The minimum Gasteiger partial charge on any atom is -0.493 e. The Labute approximate surface area is 169 Å². The lowest BCUT2D eigenvalue weighted by molar-refractivity contribution is -0.134. The van der Waals surface area contributed by atoms with Gasteiger partial charge in [0.25, 0.3) is 5.91 Å². The third-order valence-corrected chi connectivity index (χ3v) is 4.96. The SMILES string of the molecule is COc1ccc(C(=O)Nc2nc(CC(=O)N(C(C)C)C(C)C)cs2)cc1OC. The van der Waals surface area contributed by atoms with Gasteiger partial charge in [-0.2, -0.15) is 0 Å². The maximum Gasteiger partial charge on any atom is 0.257 e. The summed E-state index contributed by atoms with van der Waals surface area (Å²) in [5, 5.41) is 5.00. The number of rotatable bonds is 8. The molecule has 1 aromatic heterocycles. The largest absolute Gasteiger partial charge is 0.493 e. The Morgan fingerprint density at radius 1 is 1.11 bits per heavy atom. The van der Waals surface area contributed by atoms with Crippen molar-refractivity contribution in [2.45, 2.75) is 46.2 Å². The molecule has 0 fully saturated rings. The molecule has 0 saturated heterocycles. The van der Waals surface area contributed by atoms with Crippen LogP contribution >= 0.6 is 11.3 Å². The van der Waals surface area contributed by atoms with Gasteiger partial charge in [0.1, 0.15) is 0 Å². The number of thiazole rings is 1. The topological polar surface area (TPSA) is 80.8 Å². The molecule has 0 radical (unpaired) electrons. The summed E-state index contributed by atoms with van der Waals surface area (Å²) >= 11 is 1.29. The Bertz CT molecular complexity index is 825. The predicted octanol–water partition coefficient (Wildman–Crippen LogP) is 3.60. The van der Waals surface area contributed by atoms with Crippen LogP contribution in [0.4, 0.5) is 5.13 Å². The molecule has 0 aliphatic rings. The van der Waals surface area contributed by atoms with Crippen molar-refractivity contribution in [1.82, 2.24) is 9.88 Å². The van der Waals surface area contributed by atoms with Crippen molar-refractivity contribution in [2.75, 3.05) is 19.5 Å². The molecule has 0 unspecified atom stereocenters. The Balaban J connectivity index is 2.06. The molecule has 2 rings (SSSR count). The zero-order valence-corrected chi connectivity index (χ0v) is 17.9. The predicted molar refractivity (Wildman–Crippen MR) is 110 cm³/mol. The second-order valence-electron chi connectivity index (χ2n) is 6.83. The van der Waals surface area contributed by atoms with E-state index in [1.807, 2.05) is 32.6 Å². The number of nitrogens with zero attached hydrogens (tertiary/aromatic N) is 2. The molecule has 7 nitrogen and oxygen atoms in total. The van der Waals surface area contributed by atoms with Crippen LogP contribution in [0.25, 0.3) is 0 Å². The van der Waals surface area contributed by atoms with E-state index in [2.05, 4.69) is 10.3 Å². The number of amides is 2. The van der Waals surface area contributed by atoms with Gasteiger partial charge in [-0.1, -0.05) is 0 Å². The fourth-order valence-electron chi connectivity index (χ4n) is 3.01. The van der Waals surface area contributed by atoms with Crippen LogP contribution in [0, 0.1) is 0 Å². The molecule has 0 atom stereocenters. The average molecular weight is 406 g/mol. The van der Waals surface area contributed by atoms with E-state index in [0.717, 1.165) is 0 Å². The highest BCUT2D eigenvalue weighted by molar-refractivity contribution is 7.14. The first-order valence-corrected chi connectivity index (χ1v) is 9.93. The molecule has 1 N–H and O–H groups in total.